The Hall–Kier alpha value is -1.52. The van der Waals surface area contributed by atoms with Crippen LogP contribution in [0.15, 0.2) is 12.2 Å². The Balaban J connectivity index is 2.81. The molecule has 5 heteroatoms. The Kier molecular flexibility index (Phi) is 9.01. The van der Waals surface area contributed by atoms with E-state index in [1.54, 1.807) is 6.92 Å². The van der Waals surface area contributed by atoms with Crippen molar-refractivity contribution in [2.45, 2.75) is 91.3 Å². The molecule has 0 spiro atoms. The minimum atomic E-state index is -0.203. The quantitative estimate of drug-likeness (QED) is 0.481. The second-order valence-corrected chi connectivity index (χ2v) is 7.33. The molecular weight excluding hydrogens is 316 g/mol. The first-order valence-corrected chi connectivity index (χ1v) is 9.74. The average Bonchev–Trinajstić information content (AvgIpc) is 2.54. The summed E-state index contributed by atoms with van der Waals surface area (Å²) in [5, 5.41) is 0. The van der Waals surface area contributed by atoms with Crippen LogP contribution in [-0.2, 0) is 9.53 Å². The van der Waals surface area contributed by atoms with Crippen molar-refractivity contribution in [1.82, 2.24) is 9.80 Å². The number of unbranched alkanes of at least 4 members (excludes halogenated alkanes) is 2. The van der Waals surface area contributed by atoms with Crippen LogP contribution in [0.2, 0.25) is 0 Å². The van der Waals surface area contributed by atoms with Gasteiger partial charge in [-0.25, -0.2) is 4.79 Å². The lowest BCUT2D eigenvalue weighted by Gasteiger charge is -2.46. The zero-order valence-electron chi connectivity index (χ0n) is 16.7. The molecule has 0 aromatic rings. The molecule has 1 saturated heterocycles. The van der Waals surface area contributed by atoms with Crippen LogP contribution >= 0.6 is 0 Å². The third-order valence-electron chi connectivity index (χ3n) is 4.93. The maximum Gasteiger partial charge on any atom is 0.410 e. The largest absolute Gasteiger partial charge is 0.449 e. The highest BCUT2D eigenvalue weighted by Crippen LogP contribution is 2.28. The summed E-state index contributed by atoms with van der Waals surface area (Å²) in [6, 6.07) is 0.302. The monoisotopic (exact) mass is 352 g/mol. The predicted octanol–water partition coefficient (Wildman–Crippen LogP) is 4.37. The molecule has 5 nitrogen and oxygen atoms in total. The van der Waals surface area contributed by atoms with E-state index in [9.17, 15) is 9.59 Å². The van der Waals surface area contributed by atoms with Crippen molar-refractivity contribution in [3.8, 4) is 0 Å². The summed E-state index contributed by atoms with van der Waals surface area (Å²) in [5.74, 6) is 0.0177. The van der Waals surface area contributed by atoms with Crippen molar-refractivity contribution in [1.29, 1.82) is 0 Å². The van der Waals surface area contributed by atoms with Gasteiger partial charge in [-0.2, -0.15) is 0 Å². The fraction of sp³-hybridized carbons (Fsp3) is 0.800. The van der Waals surface area contributed by atoms with Crippen LogP contribution in [0.5, 0.6) is 0 Å². The summed E-state index contributed by atoms with van der Waals surface area (Å²) in [5.41, 5.74) is 0.568. The fourth-order valence-corrected chi connectivity index (χ4v) is 3.56. The molecule has 1 rings (SSSR count). The predicted molar refractivity (Wildman–Crippen MR) is 101 cm³/mol. The summed E-state index contributed by atoms with van der Waals surface area (Å²) in [6.07, 6.45) is 5.29. The van der Waals surface area contributed by atoms with Crippen molar-refractivity contribution >= 4 is 12.0 Å². The zero-order valence-corrected chi connectivity index (χ0v) is 16.7. The van der Waals surface area contributed by atoms with Crippen molar-refractivity contribution in [2.24, 2.45) is 0 Å². The van der Waals surface area contributed by atoms with Crippen molar-refractivity contribution < 1.29 is 14.3 Å². The van der Waals surface area contributed by atoms with Crippen LogP contribution < -0.4 is 0 Å². The lowest BCUT2D eigenvalue weighted by atomic mass is 9.91. The summed E-state index contributed by atoms with van der Waals surface area (Å²) in [7, 11) is 0. The molecule has 1 aliphatic heterocycles. The minimum absolute atomic E-state index is 0.0177. The Morgan fingerprint density at radius 1 is 1.12 bits per heavy atom. The molecule has 2 unspecified atom stereocenters. The van der Waals surface area contributed by atoms with Gasteiger partial charge in [0.2, 0.25) is 5.91 Å². The normalized spacial score (nSPS) is 23.2. The summed E-state index contributed by atoms with van der Waals surface area (Å²) in [6.45, 7) is 15.1. The van der Waals surface area contributed by atoms with Crippen LogP contribution in [0.1, 0.15) is 73.1 Å². The maximum atomic E-state index is 12.6. The summed E-state index contributed by atoms with van der Waals surface area (Å²) in [4.78, 5) is 28.8. The highest BCUT2D eigenvalue weighted by Gasteiger charge is 2.38. The van der Waals surface area contributed by atoms with Gasteiger partial charge >= 0.3 is 6.09 Å². The first kappa shape index (κ1) is 21.5. The van der Waals surface area contributed by atoms with Gasteiger partial charge in [0.1, 0.15) is 0 Å². The van der Waals surface area contributed by atoms with Crippen LogP contribution in [0, 0.1) is 0 Å². The van der Waals surface area contributed by atoms with E-state index in [1.165, 1.54) is 0 Å². The summed E-state index contributed by atoms with van der Waals surface area (Å²) < 4.78 is 5.47. The van der Waals surface area contributed by atoms with E-state index < -0.39 is 0 Å². The van der Waals surface area contributed by atoms with Crippen LogP contribution in [-0.4, -0.2) is 53.1 Å². The first-order valence-electron chi connectivity index (χ1n) is 9.74. The van der Waals surface area contributed by atoms with Gasteiger partial charge in [-0.15, -0.1) is 0 Å². The summed E-state index contributed by atoms with van der Waals surface area (Å²) >= 11 is 0. The number of amides is 2. The van der Waals surface area contributed by atoms with Crippen molar-refractivity contribution in [3.63, 3.8) is 0 Å². The van der Waals surface area contributed by atoms with Crippen LogP contribution in [0.4, 0.5) is 4.79 Å². The first-order chi connectivity index (χ1) is 11.8. The van der Waals surface area contributed by atoms with E-state index in [0.717, 1.165) is 45.1 Å². The van der Waals surface area contributed by atoms with E-state index in [2.05, 4.69) is 34.3 Å². The topological polar surface area (TPSA) is 49.9 Å². The molecule has 0 radical (unpaired) electrons. The lowest BCUT2D eigenvalue weighted by Crippen LogP contribution is -2.56. The minimum Gasteiger partial charge on any atom is -0.449 e. The number of carbonyl (C=O) groups is 2. The number of likely N-dealkylation sites (tertiary alicyclic amines) is 1. The van der Waals surface area contributed by atoms with E-state index in [1.807, 2.05) is 9.80 Å². The van der Waals surface area contributed by atoms with Gasteiger partial charge in [0.15, 0.2) is 0 Å². The molecule has 0 aliphatic carbocycles. The van der Waals surface area contributed by atoms with E-state index in [-0.39, 0.29) is 30.1 Å². The number of piperidine rings is 1. The molecule has 144 valence electrons. The molecule has 0 aromatic carbocycles. The van der Waals surface area contributed by atoms with Gasteiger partial charge in [-0.3, -0.25) is 4.79 Å². The third-order valence-corrected chi connectivity index (χ3v) is 4.93. The Bertz CT molecular complexity index is 452. The molecule has 1 heterocycles. The number of hydrogen-bond acceptors (Lipinski definition) is 3. The highest BCUT2D eigenvalue weighted by molar-refractivity contribution is 5.92. The van der Waals surface area contributed by atoms with Crippen LogP contribution in [0.25, 0.3) is 0 Å². The molecule has 0 N–H and O–H groups in total. The molecule has 2 atom stereocenters. The maximum absolute atomic E-state index is 12.6. The molecule has 0 saturated carbocycles. The van der Waals surface area contributed by atoms with Gasteiger partial charge in [-0.05, 0) is 46.5 Å². The molecule has 0 bridgehead atoms. The van der Waals surface area contributed by atoms with Gasteiger partial charge in [0.25, 0.3) is 0 Å². The number of hydrogen-bond donors (Lipinski definition) is 0. The van der Waals surface area contributed by atoms with Gasteiger partial charge in [-0.1, -0.05) is 33.3 Å². The van der Waals surface area contributed by atoms with Gasteiger partial charge in [0, 0.05) is 30.2 Å². The van der Waals surface area contributed by atoms with Crippen molar-refractivity contribution in [3.05, 3.63) is 12.2 Å². The molecule has 1 fully saturated rings. The van der Waals surface area contributed by atoms with E-state index in [4.69, 9.17) is 4.74 Å². The molecule has 1 aliphatic rings. The van der Waals surface area contributed by atoms with Crippen LogP contribution in [0.3, 0.4) is 0 Å². The van der Waals surface area contributed by atoms with E-state index >= 15 is 0 Å². The Morgan fingerprint density at radius 3 is 2.16 bits per heavy atom. The van der Waals surface area contributed by atoms with Gasteiger partial charge in [0.05, 0.1) is 6.61 Å². The van der Waals surface area contributed by atoms with E-state index in [0.29, 0.717) is 12.2 Å². The molecule has 0 aromatic heterocycles. The average molecular weight is 353 g/mol. The van der Waals surface area contributed by atoms with Crippen molar-refractivity contribution in [2.75, 3.05) is 13.2 Å². The zero-order chi connectivity index (χ0) is 19.0. The highest BCUT2D eigenvalue weighted by atomic mass is 16.6. The lowest BCUT2D eigenvalue weighted by molar-refractivity contribution is -0.134. The standard InChI is InChI=1S/C20H36N2O3/c1-7-9-11-21(20(24)25-12-10-8-2)18-13-16(5)22(17(6)14-18)19(23)15(3)4/h16-18H,3,7-14H2,1-2,4-6H3. The fourth-order valence-electron chi connectivity index (χ4n) is 3.56. The number of rotatable bonds is 8. The molecule has 2 amide bonds. The molecular formula is C20H36N2O3. The number of nitrogens with zero attached hydrogens (tertiary/aromatic N) is 2. The molecule has 25 heavy (non-hydrogen) atoms. The number of carbonyl (C=O) groups excluding carboxylic acids is 2. The second kappa shape index (κ2) is 10.5. The SMILES string of the molecule is C=C(C)C(=O)N1C(C)CC(N(CCCC)C(=O)OCCCC)CC1C. The Morgan fingerprint density at radius 2 is 1.68 bits per heavy atom. The number of ether oxygens (including phenoxy) is 1. The smallest absolute Gasteiger partial charge is 0.410 e. The second-order valence-electron chi connectivity index (χ2n) is 7.33. The third kappa shape index (κ3) is 6.05. The van der Waals surface area contributed by atoms with Gasteiger partial charge < -0.3 is 14.5 Å². The Labute approximate surface area is 153 Å².